The molecule has 2 aromatic heterocycles. The largest absolute Gasteiger partial charge is 0.327 e. The standard InChI is InChI=1S/C19H21N3/c1-14(2)12-15-4-6-17(7-5-15)19-21-13-18(22(19)3)16-8-10-20-11-9-16/h4-11,13-14H,12H2,1-3H3. The summed E-state index contributed by atoms with van der Waals surface area (Å²) in [5, 5.41) is 0. The van der Waals surface area contributed by atoms with Crippen molar-refractivity contribution in [2.75, 3.05) is 0 Å². The summed E-state index contributed by atoms with van der Waals surface area (Å²) in [7, 11) is 2.06. The normalized spacial score (nSPS) is 11.1. The predicted molar refractivity (Wildman–Crippen MR) is 90.4 cm³/mol. The van der Waals surface area contributed by atoms with Crippen molar-refractivity contribution >= 4 is 0 Å². The van der Waals surface area contributed by atoms with Crippen LogP contribution < -0.4 is 0 Å². The van der Waals surface area contributed by atoms with Crippen molar-refractivity contribution in [3.8, 4) is 22.6 Å². The third-order valence-corrected chi connectivity index (χ3v) is 3.82. The van der Waals surface area contributed by atoms with E-state index in [0.29, 0.717) is 5.92 Å². The van der Waals surface area contributed by atoms with Crippen molar-refractivity contribution < 1.29 is 0 Å². The third kappa shape index (κ3) is 2.93. The SMILES string of the molecule is CC(C)Cc1ccc(-c2ncc(-c3ccncc3)n2C)cc1. The van der Waals surface area contributed by atoms with Crippen LogP contribution in [-0.4, -0.2) is 14.5 Å². The molecule has 0 saturated carbocycles. The van der Waals surface area contributed by atoms with Gasteiger partial charge in [-0.2, -0.15) is 0 Å². The number of nitrogens with zero attached hydrogens (tertiary/aromatic N) is 3. The summed E-state index contributed by atoms with van der Waals surface area (Å²) in [6.07, 6.45) is 6.65. The molecule has 0 unspecified atom stereocenters. The van der Waals surface area contributed by atoms with Gasteiger partial charge in [-0.1, -0.05) is 38.1 Å². The monoisotopic (exact) mass is 291 g/mol. The molecule has 3 nitrogen and oxygen atoms in total. The van der Waals surface area contributed by atoms with E-state index < -0.39 is 0 Å². The van der Waals surface area contributed by atoms with Crippen molar-refractivity contribution in [1.82, 2.24) is 14.5 Å². The molecule has 0 fully saturated rings. The number of hydrogen-bond donors (Lipinski definition) is 0. The molecule has 112 valence electrons. The highest BCUT2D eigenvalue weighted by molar-refractivity contribution is 5.65. The van der Waals surface area contributed by atoms with Crippen LogP contribution in [0.25, 0.3) is 22.6 Å². The van der Waals surface area contributed by atoms with Gasteiger partial charge in [0.1, 0.15) is 5.82 Å². The van der Waals surface area contributed by atoms with Crippen molar-refractivity contribution in [2.24, 2.45) is 13.0 Å². The van der Waals surface area contributed by atoms with Gasteiger partial charge in [0, 0.05) is 30.6 Å². The molecule has 1 aromatic carbocycles. The lowest BCUT2D eigenvalue weighted by Crippen LogP contribution is -1.97. The van der Waals surface area contributed by atoms with Crippen LogP contribution in [0, 0.1) is 5.92 Å². The van der Waals surface area contributed by atoms with Crippen LogP contribution in [0.4, 0.5) is 0 Å². The highest BCUT2D eigenvalue weighted by Gasteiger charge is 2.10. The maximum Gasteiger partial charge on any atom is 0.140 e. The van der Waals surface area contributed by atoms with E-state index in [9.17, 15) is 0 Å². The Labute approximate surface area is 131 Å². The van der Waals surface area contributed by atoms with Crippen molar-refractivity contribution in [1.29, 1.82) is 0 Å². The molecule has 0 aliphatic rings. The lowest BCUT2D eigenvalue weighted by Gasteiger charge is -2.08. The number of rotatable bonds is 4. The molecule has 0 spiro atoms. The lowest BCUT2D eigenvalue weighted by atomic mass is 10.0. The highest BCUT2D eigenvalue weighted by Crippen LogP contribution is 2.25. The minimum absolute atomic E-state index is 0.678. The fourth-order valence-electron chi connectivity index (χ4n) is 2.73. The fraction of sp³-hybridized carbons (Fsp3) is 0.263. The Morgan fingerprint density at radius 3 is 2.27 bits per heavy atom. The molecule has 3 aromatic rings. The van der Waals surface area contributed by atoms with Crippen LogP contribution >= 0.6 is 0 Å². The molecule has 2 heterocycles. The van der Waals surface area contributed by atoms with Gasteiger partial charge in [-0.3, -0.25) is 4.98 Å². The van der Waals surface area contributed by atoms with Gasteiger partial charge in [0.05, 0.1) is 11.9 Å². The van der Waals surface area contributed by atoms with Gasteiger partial charge in [0.15, 0.2) is 0 Å². The maximum absolute atomic E-state index is 4.60. The van der Waals surface area contributed by atoms with Gasteiger partial charge in [-0.05, 0) is 30.0 Å². The first-order chi connectivity index (χ1) is 10.6. The summed E-state index contributed by atoms with van der Waals surface area (Å²) in [5.41, 5.74) is 4.76. The van der Waals surface area contributed by atoms with Gasteiger partial charge < -0.3 is 4.57 Å². The van der Waals surface area contributed by atoms with Crippen LogP contribution in [0.1, 0.15) is 19.4 Å². The molecule has 0 saturated heterocycles. The predicted octanol–water partition coefficient (Wildman–Crippen LogP) is 4.35. The second-order valence-electron chi connectivity index (χ2n) is 6.06. The van der Waals surface area contributed by atoms with E-state index in [0.717, 1.165) is 29.1 Å². The van der Waals surface area contributed by atoms with Crippen molar-refractivity contribution in [2.45, 2.75) is 20.3 Å². The smallest absolute Gasteiger partial charge is 0.140 e. The Balaban J connectivity index is 1.91. The molecule has 3 rings (SSSR count). The topological polar surface area (TPSA) is 30.7 Å². The van der Waals surface area contributed by atoms with Crippen LogP contribution in [0.15, 0.2) is 55.0 Å². The average molecular weight is 291 g/mol. The van der Waals surface area contributed by atoms with E-state index in [1.54, 1.807) is 0 Å². The van der Waals surface area contributed by atoms with Gasteiger partial charge in [0.25, 0.3) is 0 Å². The highest BCUT2D eigenvalue weighted by atomic mass is 15.1. The zero-order chi connectivity index (χ0) is 15.5. The third-order valence-electron chi connectivity index (χ3n) is 3.82. The number of hydrogen-bond acceptors (Lipinski definition) is 2. The zero-order valence-corrected chi connectivity index (χ0v) is 13.3. The Morgan fingerprint density at radius 1 is 0.955 bits per heavy atom. The second kappa shape index (κ2) is 6.14. The molecule has 0 amide bonds. The molecule has 0 bridgehead atoms. The van der Waals surface area contributed by atoms with Crippen LogP contribution in [-0.2, 0) is 13.5 Å². The van der Waals surface area contributed by atoms with E-state index >= 15 is 0 Å². The summed E-state index contributed by atoms with van der Waals surface area (Å²) in [6.45, 7) is 4.49. The van der Waals surface area contributed by atoms with Gasteiger partial charge in [-0.15, -0.1) is 0 Å². The van der Waals surface area contributed by atoms with E-state index in [1.807, 2.05) is 30.7 Å². The Bertz CT molecular complexity index is 740. The van der Waals surface area contributed by atoms with Crippen LogP contribution in [0.2, 0.25) is 0 Å². The number of aromatic nitrogens is 3. The number of imidazole rings is 1. The number of pyridine rings is 1. The van der Waals surface area contributed by atoms with Gasteiger partial charge in [0.2, 0.25) is 0 Å². The molecule has 0 N–H and O–H groups in total. The van der Waals surface area contributed by atoms with Gasteiger partial charge in [-0.25, -0.2) is 4.98 Å². The average Bonchev–Trinajstić information content (AvgIpc) is 2.90. The zero-order valence-electron chi connectivity index (χ0n) is 13.3. The number of benzene rings is 1. The van der Waals surface area contributed by atoms with Crippen molar-refractivity contribution in [3.05, 3.63) is 60.6 Å². The first-order valence-corrected chi connectivity index (χ1v) is 7.66. The molecule has 0 aliphatic heterocycles. The van der Waals surface area contributed by atoms with E-state index in [1.165, 1.54) is 5.56 Å². The fourth-order valence-corrected chi connectivity index (χ4v) is 2.73. The first-order valence-electron chi connectivity index (χ1n) is 7.66. The summed E-state index contributed by atoms with van der Waals surface area (Å²) in [6, 6.07) is 12.7. The lowest BCUT2D eigenvalue weighted by molar-refractivity contribution is 0.647. The van der Waals surface area contributed by atoms with Crippen LogP contribution in [0.3, 0.4) is 0 Å². The Hall–Kier alpha value is -2.42. The minimum atomic E-state index is 0.678. The Morgan fingerprint density at radius 2 is 1.64 bits per heavy atom. The summed E-state index contributed by atoms with van der Waals surface area (Å²) >= 11 is 0. The molecular formula is C19H21N3. The maximum atomic E-state index is 4.60. The van der Waals surface area contributed by atoms with E-state index in [4.69, 9.17) is 0 Å². The molecule has 3 heteroatoms. The van der Waals surface area contributed by atoms with Crippen LogP contribution in [0.5, 0.6) is 0 Å². The first kappa shape index (κ1) is 14.5. The summed E-state index contributed by atoms with van der Waals surface area (Å²) < 4.78 is 2.13. The van der Waals surface area contributed by atoms with E-state index in [2.05, 4.69) is 59.7 Å². The molecule has 0 radical (unpaired) electrons. The van der Waals surface area contributed by atoms with E-state index in [-0.39, 0.29) is 0 Å². The summed E-state index contributed by atoms with van der Waals surface area (Å²) in [5.74, 6) is 1.67. The second-order valence-corrected chi connectivity index (χ2v) is 6.06. The van der Waals surface area contributed by atoms with Crippen molar-refractivity contribution in [3.63, 3.8) is 0 Å². The Kier molecular flexibility index (Phi) is 4.05. The molecular weight excluding hydrogens is 270 g/mol. The molecule has 22 heavy (non-hydrogen) atoms. The quantitative estimate of drug-likeness (QED) is 0.715. The minimum Gasteiger partial charge on any atom is -0.327 e. The molecule has 0 aliphatic carbocycles. The van der Waals surface area contributed by atoms with Gasteiger partial charge >= 0.3 is 0 Å². The molecule has 0 atom stereocenters. The summed E-state index contributed by atoms with van der Waals surface area (Å²) in [4.78, 5) is 8.66.